The van der Waals surface area contributed by atoms with Gasteiger partial charge in [-0.05, 0) is 42.7 Å². The highest BCUT2D eigenvalue weighted by atomic mass is 16.5. The Morgan fingerprint density at radius 3 is 2.42 bits per heavy atom. The lowest BCUT2D eigenvalue weighted by Crippen LogP contribution is -2.50. The van der Waals surface area contributed by atoms with Crippen molar-refractivity contribution in [3.8, 4) is 11.5 Å². The number of carbonyl (C=O) groups excluding carboxylic acids is 1. The van der Waals surface area contributed by atoms with Gasteiger partial charge in [-0.25, -0.2) is 0 Å². The van der Waals surface area contributed by atoms with Gasteiger partial charge in [0.2, 0.25) is 0 Å². The lowest BCUT2D eigenvalue weighted by Gasteiger charge is -2.35. The molecule has 0 spiro atoms. The zero-order valence-electron chi connectivity index (χ0n) is 24.3. The summed E-state index contributed by atoms with van der Waals surface area (Å²) in [5.41, 5.74) is 1.69. The van der Waals surface area contributed by atoms with Gasteiger partial charge in [-0.1, -0.05) is 30.3 Å². The number of ketones is 1. The molecule has 3 rings (SSSR count). The summed E-state index contributed by atoms with van der Waals surface area (Å²) in [6.07, 6.45) is -2.50. The third-order valence-corrected chi connectivity index (χ3v) is 5.27. The molecular weight excluding hydrogens is 392 g/mol. The molecule has 2 aromatic carbocycles. The molecule has 0 bridgehead atoms. The van der Waals surface area contributed by atoms with Crippen LogP contribution < -0.4 is 9.47 Å². The van der Waals surface area contributed by atoms with E-state index in [2.05, 4.69) is 0 Å². The van der Waals surface area contributed by atoms with Gasteiger partial charge in [0.05, 0.1) is 19.1 Å². The molecule has 0 radical (unpaired) electrons. The van der Waals surface area contributed by atoms with Crippen molar-refractivity contribution in [1.29, 1.82) is 0 Å². The Hall–Kier alpha value is -2.41. The highest BCUT2D eigenvalue weighted by Gasteiger charge is 2.21. The number of piperazine rings is 1. The van der Waals surface area contributed by atoms with E-state index < -0.39 is 19.2 Å². The number of carbonyl (C=O) groups is 1. The van der Waals surface area contributed by atoms with Crippen molar-refractivity contribution in [1.82, 2.24) is 9.80 Å². The normalized spacial score (nSPS) is 20.4. The standard InChI is InChI=1S/C25H34N2O4/c1-19-7-6-8-20(2)23(19)15-21(28)16-26-11-13-27(14-12-26)17-22(29)18-31-25-10-5-4-9-24(25)30-3/h4-10,22,29H,11-18H2,1-3H3/i6D,7D,8D,17D2,22D. The summed E-state index contributed by atoms with van der Waals surface area (Å²) >= 11 is 0. The second-order valence-corrected chi connectivity index (χ2v) is 7.58. The van der Waals surface area contributed by atoms with Crippen LogP contribution in [-0.4, -0.2) is 79.7 Å². The van der Waals surface area contributed by atoms with Gasteiger partial charge in [0.25, 0.3) is 0 Å². The van der Waals surface area contributed by atoms with Gasteiger partial charge in [-0.2, -0.15) is 0 Å². The van der Waals surface area contributed by atoms with Gasteiger partial charge in [0, 0.05) is 41.8 Å². The molecule has 0 aliphatic carbocycles. The third kappa shape index (κ3) is 6.79. The smallest absolute Gasteiger partial charge is 0.161 e. The van der Waals surface area contributed by atoms with Crippen molar-refractivity contribution in [2.45, 2.75) is 26.3 Å². The second kappa shape index (κ2) is 11.3. The van der Waals surface area contributed by atoms with Gasteiger partial charge in [0.15, 0.2) is 17.3 Å². The average molecular weight is 433 g/mol. The van der Waals surface area contributed by atoms with Crippen molar-refractivity contribution in [2.24, 2.45) is 0 Å². The van der Waals surface area contributed by atoms with E-state index in [1.165, 1.54) is 12.0 Å². The van der Waals surface area contributed by atoms with Crippen LogP contribution in [0.4, 0.5) is 0 Å². The van der Waals surface area contributed by atoms with E-state index in [0.717, 1.165) is 0 Å². The Kier molecular flexibility index (Phi) is 5.91. The number of aliphatic hydroxyl groups is 1. The first-order valence-corrected chi connectivity index (χ1v) is 10.3. The van der Waals surface area contributed by atoms with Crippen LogP contribution in [-0.2, 0) is 11.2 Å². The van der Waals surface area contributed by atoms with Crippen molar-refractivity contribution >= 4 is 5.78 Å². The number of hydrogen-bond donors (Lipinski definition) is 1. The summed E-state index contributed by atoms with van der Waals surface area (Å²) in [6, 6.07) is 6.52. The molecule has 6 nitrogen and oxygen atoms in total. The minimum absolute atomic E-state index is 0.0354. The molecule has 1 atom stereocenters. The zero-order chi connectivity index (χ0) is 27.5. The molecule has 31 heavy (non-hydrogen) atoms. The van der Waals surface area contributed by atoms with E-state index in [0.29, 0.717) is 41.3 Å². The van der Waals surface area contributed by atoms with Crippen LogP contribution >= 0.6 is 0 Å². The first-order chi connectivity index (χ1) is 17.3. The minimum Gasteiger partial charge on any atom is -0.493 e. The molecule has 1 saturated heterocycles. The van der Waals surface area contributed by atoms with E-state index in [1.54, 1.807) is 38.1 Å². The van der Waals surface area contributed by atoms with Gasteiger partial charge in [-0.3, -0.25) is 14.6 Å². The molecule has 168 valence electrons. The lowest BCUT2D eigenvalue weighted by molar-refractivity contribution is -0.120. The molecule has 1 N–H and O–H groups in total. The number of hydrogen-bond acceptors (Lipinski definition) is 6. The number of ether oxygens (including phenoxy) is 2. The molecule has 1 aliphatic rings. The van der Waals surface area contributed by atoms with Crippen LogP contribution in [0.5, 0.6) is 11.5 Å². The van der Waals surface area contributed by atoms with Gasteiger partial charge in [-0.15, -0.1) is 0 Å². The fourth-order valence-corrected chi connectivity index (χ4v) is 3.54. The quantitative estimate of drug-likeness (QED) is 0.622. The number of β-amino-alcohol motifs (C(OH)–C–C–N with tert-alkyl or cyclic N) is 1. The summed E-state index contributed by atoms with van der Waals surface area (Å²) in [5.74, 6) is 0.616. The summed E-state index contributed by atoms with van der Waals surface area (Å²) in [5, 5.41) is 10.7. The number of benzene rings is 2. The number of para-hydroxylation sites is 2. The van der Waals surface area contributed by atoms with E-state index in [9.17, 15) is 9.90 Å². The van der Waals surface area contributed by atoms with Crippen LogP contribution in [0.1, 0.15) is 24.9 Å². The Balaban J connectivity index is 1.57. The SMILES string of the molecule is [2H]c1c([2H])c(C)c(CC(=O)CN2CCN(C([2H])([2H])C([2H])(O)COc3ccccc3OC)CC2)c(C)c1[2H]. The van der Waals surface area contributed by atoms with Crippen LogP contribution in [0.3, 0.4) is 0 Å². The molecule has 2 aromatic rings. The summed E-state index contributed by atoms with van der Waals surface area (Å²) in [7, 11) is 1.47. The van der Waals surface area contributed by atoms with Crippen LogP contribution in [0.15, 0.2) is 42.4 Å². The van der Waals surface area contributed by atoms with Gasteiger partial charge in [0.1, 0.15) is 12.7 Å². The predicted molar refractivity (Wildman–Crippen MR) is 122 cm³/mol. The summed E-state index contributed by atoms with van der Waals surface area (Å²) in [6.45, 7) is 1.63. The van der Waals surface area contributed by atoms with Crippen LogP contribution in [0, 0.1) is 13.8 Å². The van der Waals surface area contributed by atoms with E-state index in [-0.39, 0.29) is 50.0 Å². The Morgan fingerprint density at radius 2 is 1.77 bits per heavy atom. The fourth-order valence-electron chi connectivity index (χ4n) is 3.54. The van der Waals surface area contributed by atoms with E-state index in [1.807, 2.05) is 4.90 Å². The van der Waals surface area contributed by atoms with Crippen LogP contribution in [0.2, 0.25) is 0 Å². The minimum atomic E-state index is -2.56. The molecule has 1 heterocycles. The Bertz CT molecular complexity index is 1110. The molecule has 0 saturated carbocycles. The van der Waals surface area contributed by atoms with E-state index >= 15 is 0 Å². The topological polar surface area (TPSA) is 62.2 Å². The maximum atomic E-state index is 12.8. The molecular formula is C25H34N2O4. The van der Waals surface area contributed by atoms with Gasteiger partial charge < -0.3 is 14.6 Å². The lowest BCUT2D eigenvalue weighted by atomic mass is 9.98. The number of Topliss-reactive ketones (excluding diaryl/α,β-unsaturated/α-hetero) is 1. The molecule has 1 unspecified atom stereocenters. The van der Waals surface area contributed by atoms with Crippen molar-refractivity contribution in [3.63, 3.8) is 0 Å². The number of rotatable bonds is 10. The first kappa shape index (κ1) is 16.3. The summed E-state index contributed by atoms with van der Waals surface area (Å²) in [4.78, 5) is 16.1. The predicted octanol–water partition coefficient (Wildman–Crippen LogP) is 2.48. The second-order valence-electron chi connectivity index (χ2n) is 7.58. The maximum absolute atomic E-state index is 12.8. The van der Waals surface area contributed by atoms with Gasteiger partial charge >= 0.3 is 0 Å². The van der Waals surface area contributed by atoms with Crippen LogP contribution in [0.25, 0.3) is 0 Å². The van der Waals surface area contributed by atoms with Crippen molar-refractivity contribution < 1.29 is 27.6 Å². The third-order valence-electron chi connectivity index (χ3n) is 5.27. The fraction of sp³-hybridized carbons (Fsp3) is 0.480. The highest BCUT2D eigenvalue weighted by molar-refractivity contribution is 5.83. The summed E-state index contributed by atoms with van der Waals surface area (Å²) < 4.78 is 59.8. The van der Waals surface area contributed by atoms with Crippen molar-refractivity contribution in [2.75, 3.05) is 52.9 Å². The first-order valence-electron chi connectivity index (χ1n) is 13.3. The average Bonchev–Trinajstić information content (AvgIpc) is 2.88. The number of nitrogens with zero attached hydrogens (tertiary/aromatic N) is 2. The Labute approximate surface area is 193 Å². The molecule has 6 heteroatoms. The molecule has 0 aromatic heterocycles. The highest BCUT2D eigenvalue weighted by Crippen LogP contribution is 2.25. The Morgan fingerprint density at radius 1 is 1.16 bits per heavy atom. The maximum Gasteiger partial charge on any atom is 0.161 e. The molecule has 0 amide bonds. The number of methoxy groups -OCH3 is 1. The monoisotopic (exact) mass is 432 g/mol. The molecule has 1 aliphatic heterocycles. The van der Waals surface area contributed by atoms with E-state index in [4.69, 9.17) is 17.7 Å². The zero-order valence-corrected chi connectivity index (χ0v) is 18.3. The molecule has 1 fully saturated rings. The largest absolute Gasteiger partial charge is 0.493 e. The van der Waals surface area contributed by atoms with Crippen molar-refractivity contribution in [3.05, 3.63) is 59.1 Å².